The van der Waals surface area contributed by atoms with Crippen LogP contribution in [0.3, 0.4) is 0 Å². The van der Waals surface area contributed by atoms with E-state index in [0.717, 1.165) is 57.6 Å². The molecular formula is C18H39IN4O2. The first-order chi connectivity index (χ1) is 11.7. The number of hydrogen-bond donors (Lipinski definition) is 1. The van der Waals surface area contributed by atoms with E-state index in [0.29, 0.717) is 19.8 Å². The van der Waals surface area contributed by atoms with Gasteiger partial charge in [-0.2, -0.15) is 0 Å². The summed E-state index contributed by atoms with van der Waals surface area (Å²) < 4.78 is 11.1. The second-order valence-electron chi connectivity index (χ2n) is 6.73. The van der Waals surface area contributed by atoms with E-state index in [1.807, 2.05) is 7.05 Å². The van der Waals surface area contributed by atoms with Crippen molar-refractivity contribution in [3.8, 4) is 0 Å². The minimum absolute atomic E-state index is 0. The zero-order valence-electron chi connectivity index (χ0n) is 16.6. The van der Waals surface area contributed by atoms with Gasteiger partial charge >= 0.3 is 0 Å². The van der Waals surface area contributed by atoms with Gasteiger partial charge in [0.05, 0.1) is 19.8 Å². The van der Waals surface area contributed by atoms with Crippen LogP contribution >= 0.6 is 24.0 Å². The van der Waals surface area contributed by atoms with Crippen molar-refractivity contribution in [1.82, 2.24) is 15.1 Å². The van der Waals surface area contributed by atoms with E-state index < -0.39 is 0 Å². The van der Waals surface area contributed by atoms with Gasteiger partial charge in [0, 0.05) is 52.9 Å². The number of unbranched alkanes of at least 4 members (excludes halogenated alkanes) is 1. The number of nitrogens with one attached hydrogen (secondary N) is 1. The number of hydrogen-bond acceptors (Lipinski definition) is 4. The molecule has 6 nitrogen and oxygen atoms in total. The van der Waals surface area contributed by atoms with Gasteiger partial charge in [0.1, 0.15) is 0 Å². The molecule has 0 aliphatic carbocycles. The van der Waals surface area contributed by atoms with E-state index in [2.05, 4.69) is 40.9 Å². The first-order valence-electron chi connectivity index (χ1n) is 9.50. The van der Waals surface area contributed by atoms with E-state index in [1.165, 1.54) is 13.0 Å². The van der Waals surface area contributed by atoms with Gasteiger partial charge in [-0.05, 0) is 12.3 Å². The van der Waals surface area contributed by atoms with Crippen LogP contribution < -0.4 is 5.32 Å². The molecule has 0 bridgehead atoms. The molecule has 0 spiro atoms. The third kappa shape index (κ3) is 12.0. The molecule has 0 aromatic heterocycles. The lowest BCUT2D eigenvalue weighted by atomic mass is 10.2. The molecule has 1 aliphatic rings. The van der Waals surface area contributed by atoms with Gasteiger partial charge in [0.25, 0.3) is 0 Å². The maximum absolute atomic E-state index is 5.59. The fourth-order valence-corrected chi connectivity index (χ4v) is 2.79. The van der Waals surface area contributed by atoms with Gasteiger partial charge in [-0.15, -0.1) is 24.0 Å². The maximum Gasteiger partial charge on any atom is 0.193 e. The Bertz CT molecular complexity index is 335. The zero-order valence-corrected chi connectivity index (χ0v) is 19.0. The Kier molecular flexibility index (Phi) is 16.0. The highest BCUT2D eigenvalue weighted by Crippen LogP contribution is 2.05. The molecule has 25 heavy (non-hydrogen) atoms. The molecule has 7 heteroatoms. The summed E-state index contributed by atoms with van der Waals surface area (Å²) in [4.78, 5) is 9.27. The van der Waals surface area contributed by atoms with Gasteiger partial charge in [-0.3, -0.25) is 9.89 Å². The Balaban J connectivity index is 0.00000576. The number of halogens is 1. The van der Waals surface area contributed by atoms with E-state index in [9.17, 15) is 0 Å². The lowest BCUT2D eigenvalue weighted by molar-refractivity contribution is 0.0485. The summed E-state index contributed by atoms with van der Waals surface area (Å²) in [7, 11) is 1.85. The fraction of sp³-hybridized carbons (Fsp3) is 0.944. The summed E-state index contributed by atoms with van der Waals surface area (Å²) in [5, 5.41) is 3.40. The predicted octanol–water partition coefficient (Wildman–Crippen LogP) is 2.29. The third-order valence-electron chi connectivity index (χ3n) is 4.05. The third-order valence-corrected chi connectivity index (χ3v) is 4.05. The van der Waals surface area contributed by atoms with Crippen LogP contribution in [-0.2, 0) is 9.47 Å². The normalized spacial score (nSPS) is 16.2. The fourth-order valence-electron chi connectivity index (χ4n) is 2.79. The second-order valence-corrected chi connectivity index (χ2v) is 6.73. The highest BCUT2D eigenvalue weighted by atomic mass is 127. The lowest BCUT2D eigenvalue weighted by Crippen LogP contribution is -2.53. The summed E-state index contributed by atoms with van der Waals surface area (Å²) in [6.45, 7) is 15.9. The Hall–Kier alpha value is -0.120. The SMILES string of the molecule is CCCCOCCOCCNC(=NC)N1CCN(CC(C)C)CC1.I. The van der Waals surface area contributed by atoms with Crippen LogP contribution in [0.4, 0.5) is 0 Å². The van der Waals surface area contributed by atoms with Crippen LogP contribution in [0.15, 0.2) is 4.99 Å². The summed E-state index contributed by atoms with van der Waals surface area (Å²) in [5.74, 6) is 1.72. The molecule has 0 radical (unpaired) electrons. The number of rotatable bonds is 11. The van der Waals surface area contributed by atoms with Gasteiger partial charge in [0.15, 0.2) is 5.96 Å². The zero-order chi connectivity index (χ0) is 17.6. The molecule has 0 atom stereocenters. The van der Waals surface area contributed by atoms with Gasteiger partial charge < -0.3 is 19.7 Å². The Labute approximate surface area is 171 Å². The van der Waals surface area contributed by atoms with Crippen molar-refractivity contribution in [2.75, 3.05) is 72.7 Å². The molecule has 0 amide bonds. The van der Waals surface area contributed by atoms with Gasteiger partial charge in [-0.25, -0.2) is 0 Å². The summed E-state index contributed by atoms with van der Waals surface area (Å²) in [6, 6.07) is 0. The van der Waals surface area contributed by atoms with E-state index in [1.54, 1.807) is 0 Å². The van der Waals surface area contributed by atoms with Crippen LogP contribution in [0.5, 0.6) is 0 Å². The van der Waals surface area contributed by atoms with Crippen molar-refractivity contribution in [3.63, 3.8) is 0 Å². The molecule has 150 valence electrons. The molecule has 0 unspecified atom stereocenters. The lowest BCUT2D eigenvalue weighted by Gasteiger charge is -2.37. The van der Waals surface area contributed by atoms with Crippen molar-refractivity contribution in [3.05, 3.63) is 0 Å². The number of piperazine rings is 1. The van der Waals surface area contributed by atoms with Crippen LogP contribution in [0.25, 0.3) is 0 Å². The summed E-state index contributed by atoms with van der Waals surface area (Å²) >= 11 is 0. The number of nitrogens with zero attached hydrogens (tertiary/aromatic N) is 3. The average Bonchev–Trinajstić information content (AvgIpc) is 2.57. The standard InChI is InChI=1S/C18H38N4O2.HI/c1-5-6-12-23-14-15-24-13-7-20-18(19-4)22-10-8-21(9-11-22)16-17(2)3;/h17H,5-16H2,1-4H3,(H,19,20);1H. The molecule has 0 aromatic rings. The molecule has 0 aromatic carbocycles. The molecule has 1 rings (SSSR count). The average molecular weight is 470 g/mol. The van der Waals surface area contributed by atoms with Crippen LogP contribution in [0, 0.1) is 5.92 Å². The predicted molar refractivity (Wildman–Crippen MR) is 116 cm³/mol. The first kappa shape index (κ1) is 24.9. The monoisotopic (exact) mass is 470 g/mol. The van der Waals surface area contributed by atoms with Crippen molar-refractivity contribution in [2.45, 2.75) is 33.6 Å². The van der Waals surface area contributed by atoms with E-state index >= 15 is 0 Å². The van der Waals surface area contributed by atoms with Crippen LogP contribution in [-0.4, -0.2) is 88.5 Å². The minimum atomic E-state index is 0. The number of aliphatic imine (C=N–C) groups is 1. The minimum Gasteiger partial charge on any atom is -0.379 e. The van der Waals surface area contributed by atoms with Gasteiger partial charge in [-0.1, -0.05) is 27.2 Å². The first-order valence-corrected chi connectivity index (χ1v) is 9.50. The molecular weight excluding hydrogens is 431 g/mol. The highest BCUT2D eigenvalue weighted by Gasteiger charge is 2.19. The van der Waals surface area contributed by atoms with Crippen molar-refractivity contribution in [2.24, 2.45) is 10.9 Å². The van der Waals surface area contributed by atoms with Gasteiger partial charge in [0.2, 0.25) is 0 Å². The molecule has 1 fully saturated rings. The number of ether oxygens (including phenoxy) is 2. The molecule has 0 saturated carbocycles. The molecule has 1 N–H and O–H groups in total. The van der Waals surface area contributed by atoms with Crippen molar-refractivity contribution < 1.29 is 9.47 Å². The molecule has 1 aliphatic heterocycles. The van der Waals surface area contributed by atoms with Crippen LogP contribution in [0.1, 0.15) is 33.6 Å². The van der Waals surface area contributed by atoms with Crippen LogP contribution in [0.2, 0.25) is 0 Å². The highest BCUT2D eigenvalue weighted by molar-refractivity contribution is 14.0. The topological polar surface area (TPSA) is 49.3 Å². The maximum atomic E-state index is 5.59. The molecule has 1 heterocycles. The summed E-state index contributed by atoms with van der Waals surface area (Å²) in [6.07, 6.45) is 2.30. The molecule has 1 saturated heterocycles. The quantitative estimate of drug-likeness (QED) is 0.217. The van der Waals surface area contributed by atoms with Crippen molar-refractivity contribution >= 4 is 29.9 Å². The largest absolute Gasteiger partial charge is 0.379 e. The van der Waals surface area contributed by atoms with E-state index in [-0.39, 0.29) is 24.0 Å². The summed E-state index contributed by atoms with van der Waals surface area (Å²) in [5.41, 5.74) is 0. The van der Waals surface area contributed by atoms with Crippen molar-refractivity contribution in [1.29, 1.82) is 0 Å². The second kappa shape index (κ2) is 16.1. The number of guanidine groups is 1. The van der Waals surface area contributed by atoms with E-state index in [4.69, 9.17) is 9.47 Å². The Morgan fingerprint density at radius 1 is 1.04 bits per heavy atom. The smallest absolute Gasteiger partial charge is 0.193 e. The Morgan fingerprint density at radius 3 is 2.24 bits per heavy atom. The Morgan fingerprint density at radius 2 is 1.68 bits per heavy atom.